The van der Waals surface area contributed by atoms with Gasteiger partial charge >= 0.3 is 5.97 Å². The minimum atomic E-state index is -0.369. The first kappa shape index (κ1) is 40.2. The standard InChI is InChI=1S/C44H52Cl2N8O5/c1-51-34-14-20-53(25-43-16-18-44(24-43,19-17-43)42(58)59-3)22-32(34)47-38(51)40(56)49-30-8-4-6-28(36(30)45)29-7-5-9-31(37(29)46)50-41(57)39-48-33-23-54(21-15-35(33)52(39)2)26-10-12-27(55)13-11-26/h4-9,26-27,55H,10-25H2,1-3H3,(H,49,56)(H,50,57). The number of carbonyl (C=O) groups excluding carboxylic acids is 3. The topological polar surface area (TPSA) is 147 Å². The third kappa shape index (κ3) is 7.26. The number of rotatable bonds is 9. The zero-order chi connectivity index (χ0) is 41.2. The highest BCUT2D eigenvalue weighted by Gasteiger charge is 2.59. The van der Waals surface area contributed by atoms with Crippen LogP contribution in [0, 0.1) is 10.8 Å². The summed E-state index contributed by atoms with van der Waals surface area (Å²) in [4.78, 5) is 54.7. The molecule has 5 aliphatic rings. The fourth-order valence-electron chi connectivity index (χ4n) is 10.9. The number of aliphatic hydroxyl groups is 1. The first-order valence-corrected chi connectivity index (χ1v) is 21.6. The second-order valence-corrected chi connectivity index (χ2v) is 18.4. The summed E-state index contributed by atoms with van der Waals surface area (Å²) < 4.78 is 8.94. The number of methoxy groups -OCH3 is 1. The molecule has 2 aromatic carbocycles. The molecule has 2 amide bonds. The number of benzene rings is 2. The van der Waals surface area contributed by atoms with Crippen LogP contribution in [-0.4, -0.2) is 90.7 Å². The van der Waals surface area contributed by atoms with E-state index in [4.69, 9.17) is 37.9 Å². The van der Waals surface area contributed by atoms with Crippen LogP contribution in [0.1, 0.15) is 102 Å². The van der Waals surface area contributed by atoms with Crippen molar-refractivity contribution in [2.45, 2.75) is 95.9 Å². The number of amides is 2. The summed E-state index contributed by atoms with van der Waals surface area (Å²) >= 11 is 14.0. The Morgan fingerprint density at radius 3 is 1.90 bits per heavy atom. The van der Waals surface area contributed by atoms with Gasteiger partial charge in [0.15, 0.2) is 11.6 Å². The van der Waals surface area contributed by atoms with Crippen LogP contribution >= 0.6 is 23.2 Å². The molecule has 59 heavy (non-hydrogen) atoms. The molecule has 0 atom stereocenters. The number of imidazole rings is 2. The lowest BCUT2D eigenvalue weighted by Crippen LogP contribution is -2.42. The van der Waals surface area contributed by atoms with Gasteiger partial charge in [0.05, 0.1) is 51.4 Å². The predicted octanol–water partition coefficient (Wildman–Crippen LogP) is 6.78. The predicted molar refractivity (Wildman–Crippen MR) is 226 cm³/mol. The van der Waals surface area contributed by atoms with Gasteiger partial charge in [0.1, 0.15) is 0 Å². The molecule has 9 rings (SSSR count). The third-order valence-corrected chi connectivity index (χ3v) is 15.0. The van der Waals surface area contributed by atoms with Crippen LogP contribution in [0.5, 0.6) is 0 Å². The van der Waals surface area contributed by atoms with E-state index in [0.29, 0.717) is 63.3 Å². The maximum Gasteiger partial charge on any atom is 0.311 e. The van der Waals surface area contributed by atoms with Gasteiger partial charge in [-0.15, -0.1) is 0 Å². The Kier molecular flexibility index (Phi) is 10.6. The first-order valence-electron chi connectivity index (χ1n) is 20.9. The van der Waals surface area contributed by atoms with Crippen LogP contribution in [0.15, 0.2) is 36.4 Å². The van der Waals surface area contributed by atoms with E-state index in [1.54, 1.807) is 24.3 Å². The molecule has 312 valence electrons. The first-order chi connectivity index (χ1) is 28.4. The number of fused-ring (bicyclic) bond motifs is 4. The number of nitrogens with zero attached hydrogens (tertiary/aromatic N) is 6. The highest BCUT2D eigenvalue weighted by molar-refractivity contribution is 6.40. The Morgan fingerprint density at radius 2 is 1.34 bits per heavy atom. The molecule has 3 N–H and O–H groups in total. The molecule has 4 aromatic rings. The third-order valence-electron chi connectivity index (χ3n) is 14.2. The summed E-state index contributed by atoms with van der Waals surface area (Å²) in [7, 11) is 5.25. The molecule has 0 saturated heterocycles. The van der Waals surface area contributed by atoms with Crippen LogP contribution in [0.3, 0.4) is 0 Å². The van der Waals surface area contributed by atoms with Gasteiger partial charge in [-0.3, -0.25) is 24.2 Å². The molecule has 0 unspecified atom stereocenters. The van der Waals surface area contributed by atoms with Gasteiger partial charge in [0, 0.05) is 88.2 Å². The molecular formula is C44H52Cl2N8O5. The van der Waals surface area contributed by atoms with Crippen LogP contribution in [0.4, 0.5) is 11.4 Å². The lowest BCUT2D eigenvalue weighted by atomic mass is 9.81. The highest BCUT2D eigenvalue weighted by atomic mass is 35.5. The van der Waals surface area contributed by atoms with Crippen molar-refractivity contribution < 1.29 is 24.2 Å². The van der Waals surface area contributed by atoms with Crippen LogP contribution < -0.4 is 10.6 Å². The van der Waals surface area contributed by atoms with E-state index in [9.17, 15) is 19.5 Å². The SMILES string of the molecule is COC(=O)C12CCC(CN3CCc4c(nc(C(=O)Nc5cccc(-c6cccc(NC(=O)c7nc8c(n7C)CCN(C7CCC(O)CC7)C8)c6Cl)c5Cl)n4C)C3)(CC1)C2. The Labute approximate surface area is 354 Å². The lowest BCUT2D eigenvalue weighted by Gasteiger charge is -2.37. The van der Waals surface area contributed by atoms with Gasteiger partial charge < -0.3 is 29.6 Å². The fourth-order valence-corrected chi connectivity index (χ4v) is 11.5. The average molecular weight is 844 g/mol. The van der Waals surface area contributed by atoms with Crippen molar-refractivity contribution in [2.75, 3.05) is 37.4 Å². The van der Waals surface area contributed by atoms with Gasteiger partial charge in [0.2, 0.25) is 0 Å². The molecule has 15 heteroatoms. The van der Waals surface area contributed by atoms with Gasteiger partial charge in [-0.2, -0.15) is 0 Å². The minimum absolute atomic E-state index is 0.0612. The number of aromatic nitrogens is 4. The number of esters is 1. The minimum Gasteiger partial charge on any atom is -0.469 e. The normalized spacial score (nSPS) is 25.4. The number of hydrogen-bond donors (Lipinski definition) is 3. The van der Waals surface area contributed by atoms with Crippen molar-refractivity contribution in [3.63, 3.8) is 0 Å². The summed E-state index contributed by atoms with van der Waals surface area (Å²) in [6.45, 7) is 4.01. The van der Waals surface area contributed by atoms with Crippen molar-refractivity contribution >= 4 is 52.4 Å². The van der Waals surface area contributed by atoms with E-state index in [2.05, 4.69) is 20.4 Å². The van der Waals surface area contributed by atoms with Gasteiger partial charge in [0.25, 0.3) is 11.8 Å². The van der Waals surface area contributed by atoms with E-state index in [0.717, 1.165) is 113 Å². The summed E-state index contributed by atoms with van der Waals surface area (Å²) in [5.41, 5.74) is 5.74. The monoisotopic (exact) mass is 842 g/mol. The summed E-state index contributed by atoms with van der Waals surface area (Å²) in [5, 5.41) is 16.6. The number of ether oxygens (including phenoxy) is 1. The molecular weight excluding hydrogens is 791 g/mol. The number of hydrogen-bond acceptors (Lipinski definition) is 9. The fraction of sp³-hybridized carbons (Fsp3) is 0.523. The van der Waals surface area contributed by atoms with Crippen molar-refractivity contribution in [1.29, 1.82) is 0 Å². The zero-order valence-electron chi connectivity index (χ0n) is 34.0. The molecule has 2 aliphatic heterocycles. The maximum absolute atomic E-state index is 13.8. The smallest absolute Gasteiger partial charge is 0.311 e. The van der Waals surface area contributed by atoms with Crippen LogP contribution in [0.2, 0.25) is 10.0 Å². The number of nitrogens with one attached hydrogen (secondary N) is 2. The quantitative estimate of drug-likeness (QED) is 0.155. The summed E-state index contributed by atoms with van der Waals surface area (Å²) in [5.74, 6) is -0.167. The lowest BCUT2D eigenvalue weighted by molar-refractivity contribution is -0.152. The van der Waals surface area contributed by atoms with Crippen molar-refractivity contribution in [3.05, 3.63) is 80.9 Å². The van der Waals surface area contributed by atoms with E-state index >= 15 is 0 Å². The van der Waals surface area contributed by atoms with Crippen molar-refractivity contribution in [2.24, 2.45) is 24.9 Å². The molecule has 0 radical (unpaired) electrons. The second-order valence-electron chi connectivity index (χ2n) is 17.6. The van der Waals surface area contributed by atoms with Gasteiger partial charge in [-0.05, 0) is 75.3 Å². The van der Waals surface area contributed by atoms with Gasteiger partial charge in [-0.1, -0.05) is 47.5 Å². The van der Waals surface area contributed by atoms with E-state index in [1.165, 1.54) is 7.11 Å². The second kappa shape index (κ2) is 15.6. The summed E-state index contributed by atoms with van der Waals surface area (Å²) in [6, 6.07) is 11.2. The Morgan fingerprint density at radius 1 is 0.797 bits per heavy atom. The molecule has 2 bridgehead atoms. The Bertz CT molecular complexity index is 2320. The molecule has 3 fully saturated rings. The number of aliphatic hydroxyl groups excluding tert-OH is 1. The number of halogens is 2. The molecule has 3 aliphatic carbocycles. The number of carbonyl (C=O) groups is 3. The van der Waals surface area contributed by atoms with Gasteiger partial charge in [-0.25, -0.2) is 9.97 Å². The zero-order valence-corrected chi connectivity index (χ0v) is 35.5. The molecule has 3 saturated carbocycles. The Hall–Kier alpha value is -4.27. The highest BCUT2D eigenvalue weighted by Crippen LogP contribution is 2.62. The van der Waals surface area contributed by atoms with Crippen molar-refractivity contribution in [1.82, 2.24) is 28.9 Å². The molecule has 13 nitrogen and oxygen atoms in total. The van der Waals surface area contributed by atoms with Crippen LogP contribution in [0.25, 0.3) is 11.1 Å². The van der Waals surface area contributed by atoms with E-state index < -0.39 is 0 Å². The maximum atomic E-state index is 13.8. The molecule has 2 aromatic heterocycles. The number of anilines is 2. The largest absolute Gasteiger partial charge is 0.469 e. The Balaban J connectivity index is 0.871. The van der Waals surface area contributed by atoms with E-state index in [-0.39, 0.29) is 34.7 Å². The molecule has 4 heterocycles. The average Bonchev–Trinajstić information content (AvgIpc) is 3.99. The van der Waals surface area contributed by atoms with Crippen molar-refractivity contribution in [3.8, 4) is 11.1 Å². The van der Waals surface area contributed by atoms with Crippen LogP contribution in [-0.2, 0) is 49.6 Å². The summed E-state index contributed by atoms with van der Waals surface area (Å²) in [6.07, 6.45) is 9.71. The molecule has 0 spiro atoms. The van der Waals surface area contributed by atoms with E-state index in [1.807, 2.05) is 35.4 Å².